The number of piperazine rings is 1. The van der Waals surface area contributed by atoms with E-state index in [4.69, 9.17) is 23.2 Å². The number of benzene rings is 1. The quantitative estimate of drug-likeness (QED) is 0.704. The van der Waals surface area contributed by atoms with Gasteiger partial charge in [-0.25, -0.2) is 0 Å². The largest absolute Gasteiger partial charge is 0.321 e. The number of carbonyl (C=O) groups is 1. The molecule has 7 heteroatoms. The molecular weight excluding hydrogens is 365 g/mol. The van der Waals surface area contributed by atoms with Gasteiger partial charge in [-0.15, -0.1) is 11.3 Å². The maximum Gasteiger partial charge on any atom is 0.279 e. The fourth-order valence-electron chi connectivity index (χ4n) is 2.97. The Morgan fingerprint density at radius 2 is 1.67 bits per heavy atom. The molecule has 0 atom stereocenters. The molecule has 3 rings (SSSR count). The molecule has 4 nitrogen and oxygen atoms in total. The van der Waals surface area contributed by atoms with E-state index in [1.165, 1.54) is 9.78 Å². The van der Waals surface area contributed by atoms with Gasteiger partial charge in [0.15, 0.2) is 6.54 Å². The number of hydrogen-bond donors (Lipinski definition) is 3. The van der Waals surface area contributed by atoms with Crippen LogP contribution in [0.4, 0.5) is 5.69 Å². The second-order valence-corrected chi connectivity index (χ2v) is 8.35. The number of carbonyl (C=O) groups excluding carboxylic acids is 1. The Labute approximate surface area is 156 Å². The minimum absolute atomic E-state index is 0.0563. The van der Waals surface area contributed by atoms with Gasteiger partial charge >= 0.3 is 0 Å². The topological polar surface area (TPSA) is 38.0 Å². The van der Waals surface area contributed by atoms with Gasteiger partial charge in [0.1, 0.15) is 32.7 Å². The number of hydrogen-bond acceptors (Lipinski definition) is 2. The highest BCUT2D eigenvalue weighted by Gasteiger charge is 2.25. The second-order valence-electron chi connectivity index (χ2n) is 6.11. The van der Waals surface area contributed by atoms with Gasteiger partial charge in [0.25, 0.3) is 5.91 Å². The molecule has 0 spiro atoms. The maximum absolute atomic E-state index is 12.2. The first kappa shape index (κ1) is 17.7. The van der Waals surface area contributed by atoms with Crippen LogP contribution in [0.5, 0.6) is 0 Å². The van der Waals surface area contributed by atoms with Gasteiger partial charge in [-0.05, 0) is 36.4 Å². The van der Waals surface area contributed by atoms with E-state index < -0.39 is 0 Å². The van der Waals surface area contributed by atoms with Gasteiger partial charge in [0, 0.05) is 10.7 Å². The van der Waals surface area contributed by atoms with E-state index in [9.17, 15) is 4.79 Å². The van der Waals surface area contributed by atoms with Crippen molar-refractivity contribution in [1.29, 1.82) is 0 Å². The number of quaternary nitrogens is 2. The predicted octanol–water partition coefficient (Wildman–Crippen LogP) is 0.977. The number of thiophene rings is 1. The third-order valence-electron chi connectivity index (χ3n) is 4.26. The van der Waals surface area contributed by atoms with Crippen LogP contribution in [0.2, 0.25) is 9.36 Å². The first-order valence-electron chi connectivity index (χ1n) is 8.05. The monoisotopic (exact) mass is 385 g/mol. The number of anilines is 1. The summed E-state index contributed by atoms with van der Waals surface area (Å²) in [6.07, 6.45) is 0. The van der Waals surface area contributed by atoms with Crippen molar-refractivity contribution in [3.05, 3.63) is 50.6 Å². The number of nitrogens with one attached hydrogen (secondary N) is 3. The fraction of sp³-hybridized carbons (Fsp3) is 0.353. The smallest absolute Gasteiger partial charge is 0.279 e. The van der Waals surface area contributed by atoms with Gasteiger partial charge in [0.05, 0.1) is 9.21 Å². The Morgan fingerprint density at radius 3 is 2.29 bits per heavy atom. The molecule has 0 radical (unpaired) electrons. The molecule has 1 fully saturated rings. The summed E-state index contributed by atoms with van der Waals surface area (Å²) in [5.74, 6) is 0.0563. The third kappa shape index (κ3) is 5.19. The molecule has 2 aromatic rings. The summed E-state index contributed by atoms with van der Waals surface area (Å²) in [5.41, 5.74) is 0.794. The Kier molecular flexibility index (Phi) is 6.14. The highest BCUT2D eigenvalue weighted by atomic mass is 35.5. The molecule has 128 valence electrons. The summed E-state index contributed by atoms with van der Waals surface area (Å²) in [4.78, 5) is 16.4. The van der Waals surface area contributed by atoms with E-state index in [1.807, 2.05) is 18.2 Å². The Hall–Kier alpha value is -1.11. The Morgan fingerprint density at radius 1 is 1.00 bits per heavy atom. The molecule has 0 bridgehead atoms. The molecule has 3 N–H and O–H groups in total. The molecule has 1 amide bonds. The van der Waals surface area contributed by atoms with Crippen molar-refractivity contribution >= 4 is 46.1 Å². The standard InChI is InChI=1S/C17H19Cl2N3OS/c18-13-1-3-14(4-2-13)20-17(23)12-22-9-7-21(8-10-22)11-15-5-6-16(19)24-15/h1-6H,7-12H2,(H,20,23)/p+2. The minimum atomic E-state index is 0.0563. The highest BCUT2D eigenvalue weighted by molar-refractivity contribution is 7.16. The van der Waals surface area contributed by atoms with E-state index in [1.54, 1.807) is 28.4 Å². The zero-order chi connectivity index (χ0) is 16.9. The number of amides is 1. The van der Waals surface area contributed by atoms with Crippen molar-refractivity contribution in [1.82, 2.24) is 0 Å². The summed E-state index contributed by atoms with van der Waals surface area (Å²) in [6, 6.07) is 11.3. The number of rotatable bonds is 5. The van der Waals surface area contributed by atoms with Gasteiger partial charge < -0.3 is 15.1 Å². The molecule has 1 aliphatic rings. The van der Waals surface area contributed by atoms with Gasteiger partial charge in [-0.3, -0.25) is 4.79 Å². The molecule has 0 unspecified atom stereocenters. The van der Waals surface area contributed by atoms with E-state index in [0.717, 1.165) is 42.7 Å². The van der Waals surface area contributed by atoms with Crippen LogP contribution in [0.25, 0.3) is 0 Å². The second kappa shape index (κ2) is 8.32. The Balaban J connectivity index is 1.41. The van der Waals surface area contributed by atoms with Crippen LogP contribution in [-0.4, -0.2) is 38.6 Å². The fourth-order valence-corrected chi connectivity index (χ4v) is 4.25. The molecule has 1 aromatic carbocycles. The summed E-state index contributed by atoms with van der Waals surface area (Å²) in [5, 5.41) is 3.60. The lowest BCUT2D eigenvalue weighted by Crippen LogP contribution is -3.28. The molecule has 2 heterocycles. The number of halogens is 2. The van der Waals surface area contributed by atoms with E-state index in [2.05, 4.69) is 11.4 Å². The first-order chi connectivity index (χ1) is 11.6. The normalized spacial score (nSPS) is 20.8. The van der Waals surface area contributed by atoms with Crippen LogP contribution in [-0.2, 0) is 11.3 Å². The highest BCUT2D eigenvalue weighted by Crippen LogP contribution is 2.20. The molecule has 0 aliphatic carbocycles. The maximum atomic E-state index is 12.2. The molecular formula is C17H21Cl2N3OS+2. The zero-order valence-corrected chi connectivity index (χ0v) is 15.6. The molecule has 1 aliphatic heterocycles. The summed E-state index contributed by atoms with van der Waals surface area (Å²) in [7, 11) is 0. The lowest BCUT2D eigenvalue weighted by atomic mass is 10.3. The predicted molar refractivity (Wildman–Crippen MR) is 99.4 cm³/mol. The van der Waals surface area contributed by atoms with Crippen LogP contribution in [0.15, 0.2) is 36.4 Å². The van der Waals surface area contributed by atoms with Gasteiger partial charge in [-0.2, -0.15) is 0 Å². The van der Waals surface area contributed by atoms with Gasteiger partial charge in [-0.1, -0.05) is 23.2 Å². The van der Waals surface area contributed by atoms with Crippen molar-refractivity contribution < 1.29 is 14.6 Å². The SMILES string of the molecule is O=C(C[NH+]1CC[NH+](Cc2ccc(Cl)s2)CC1)Nc1ccc(Cl)cc1. The zero-order valence-electron chi connectivity index (χ0n) is 13.3. The van der Waals surface area contributed by atoms with Crippen LogP contribution >= 0.6 is 34.5 Å². The molecule has 0 saturated carbocycles. The van der Waals surface area contributed by atoms with Crippen LogP contribution in [0.3, 0.4) is 0 Å². The van der Waals surface area contributed by atoms with Crippen molar-refractivity contribution in [2.45, 2.75) is 6.54 Å². The Bertz CT molecular complexity index is 681. The van der Waals surface area contributed by atoms with Crippen molar-refractivity contribution in [2.75, 3.05) is 38.0 Å². The van der Waals surface area contributed by atoms with Crippen molar-refractivity contribution in [3.63, 3.8) is 0 Å². The van der Waals surface area contributed by atoms with E-state index in [0.29, 0.717) is 11.6 Å². The molecule has 24 heavy (non-hydrogen) atoms. The van der Waals surface area contributed by atoms with Crippen molar-refractivity contribution in [3.8, 4) is 0 Å². The van der Waals surface area contributed by atoms with Gasteiger partial charge in [0.2, 0.25) is 0 Å². The van der Waals surface area contributed by atoms with Crippen LogP contribution in [0, 0.1) is 0 Å². The molecule has 1 aromatic heterocycles. The minimum Gasteiger partial charge on any atom is -0.321 e. The molecule has 1 saturated heterocycles. The van der Waals surface area contributed by atoms with Crippen LogP contribution < -0.4 is 15.1 Å². The van der Waals surface area contributed by atoms with Crippen molar-refractivity contribution in [2.24, 2.45) is 0 Å². The van der Waals surface area contributed by atoms with E-state index in [-0.39, 0.29) is 5.91 Å². The van der Waals surface area contributed by atoms with Crippen LogP contribution in [0.1, 0.15) is 4.88 Å². The summed E-state index contributed by atoms with van der Waals surface area (Å²) < 4.78 is 0.854. The summed E-state index contributed by atoms with van der Waals surface area (Å²) in [6.45, 7) is 5.74. The summed E-state index contributed by atoms with van der Waals surface area (Å²) >= 11 is 13.5. The lowest BCUT2D eigenvalue weighted by molar-refractivity contribution is -1.01. The average Bonchev–Trinajstić information content (AvgIpc) is 2.96. The lowest BCUT2D eigenvalue weighted by Gasteiger charge is -2.29. The average molecular weight is 386 g/mol. The first-order valence-corrected chi connectivity index (χ1v) is 9.62. The third-order valence-corrected chi connectivity index (χ3v) is 5.74. The van der Waals surface area contributed by atoms with E-state index >= 15 is 0 Å².